The fourth-order valence-electron chi connectivity index (χ4n) is 3.07. The second-order valence-electron chi connectivity index (χ2n) is 6.34. The molecule has 0 aromatic rings. The van der Waals surface area contributed by atoms with E-state index in [9.17, 15) is 0 Å². The number of hydrogen-bond acceptors (Lipinski definition) is 4. The molecular formula is C15H31N3O. The Hall–Kier alpha value is -0.160. The molecule has 1 atom stereocenters. The van der Waals surface area contributed by atoms with E-state index < -0.39 is 0 Å². The molecule has 0 aromatic heterocycles. The van der Waals surface area contributed by atoms with Gasteiger partial charge in [-0.2, -0.15) is 0 Å². The Kier molecular flexibility index (Phi) is 6.57. The van der Waals surface area contributed by atoms with Gasteiger partial charge in [0.2, 0.25) is 0 Å². The van der Waals surface area contributed by atoms with Gasteiger partial charge in [0.1, 0.15) is 0 Å². The van der Waals surface area contributed by atoms with Crippen LogP contribution in [0.4, 0.5) is 0 Å². The largest absolute Gasteiger partial charge is 0.379 e. The molecule has 0 amide bonds. The van der Waals surface area contributed by atoms with Crippen LogP contribution in [-0.4, -0.2) is 74.9 Å². The van der Waals surface area contributed by atoms with Crippen molar-refractivity contribution >= 4 is 0 Å². The maximum Gasteiger partial charge on any atom is 0.0594 e. The van der Waals surface area contributed by atoms with E-state index in [1.54, 1.807) is 0 Å². The van der Waals surface area contributed by atoms with Gasteiger partial charge in [-0.15, -0.1) is 0 Å². The highest BCUT2D eigenvalue weighted by atomic mass is 16.5. The Morgan fingerprint density at radius 3 is 2.74 bits per heavy atom. The average Bonchev–Trinajstić information content (AvgIpc) is 2.88. The lowest BCUT2D eigenvalue weighted by Gasteiger charge is -2.32. The van der Waals surface area contributed by atoms with Crippen molar-refractivity contribution in [2.75, 3.05) is 59.0 Å². The molecule has 112 valence electrons. The first-order valence-corrected chi connectivity index (χ1v) is 8.00. The van der Waals surface area contributed by atoms with Crippen molar-refractivity contribution in [2.45, 2.75) is 32.7 Å². The summed E-state index contributed by atoms with van der Waals surface area (Å²) >= 11 is 0. The Labute approximate surface area is 118 Å². The number of morpholine rings is 1. The van der Waals surface area contributed by atoms with Gasteiger partial charge in [-0.05, 0) is 44.9 Å². The number of ether oxygens (including phenoxy) is 1. The highest BCUT2D eigenvalue weighted by Crippen LogP contribution is 2.16. The van der Waals surface area contributed by atoms with Crippen LogP contribution in [0, 0.1) is 5.92 Å². The van der Waals surface area contributed by atoms with Gasteiger partial charge in [0.15, 0.2) is 0 Å². The maximum atomic E-state index is 5.43. The molecule has 0 bridgehead atoms. The van der Waals surface area contributed by atoms with Gasteiger partial charge >= 0.3 is 0 Å². The molecule has 2 aliphatic heterocycles. The van der Waals surface area contributed by atoms with Gasteiger partial charge in [-0.1, -0.05) is 13.8 Å². The third-order valence-electron chi connectivity index (χ3n) is 4.19. The summed E-state index contributed by atoms with van der Waals surface area (Å²) in [7, 11) is 0. The highest BCUT2D eigenvalue weighted by molar-refractivity contribution is 4.84. The summed E-state index contributed by atoms with van der Waals surface area (Å²) in [5.41, 5.74) is 0. The zero-order valence-corrected chi connectivity index (χ0v) is 12.7. The summed E-state index contributed by atoms with van der Waals surface area (Å²) in [4.78, 5) is 5.26. The van der Waals surface area contributed by atoms with Crippen LogP contribution >= 0.6 is 0 Å². The fraction of sp³-hybridized carbons (Fsp3) is 1.00. The Bertz CT molecular complexity index is 242. The molecule has 2 saturated heterocycles. The van der Waals surface area contributed by atoms with Gasteiger partial charge in [-0.3, -0.25) is 4.90 Å². The van der Waals surface area contributed by atoms with Crippen LogP contribution in [0.5, 0.6) is 0 Å². The summed E-state index contributed by atoms with van der Waals surface area (Å²) in [6, 6.07) is 0.785. The molecule has 0 spiro atoms. The first kappa shape index (κ1) is 15.2. The maximum absolute atomic E-state index is 5.43. The van der Waals surface area contributed by atoms with Crippen molar-refractivity contribution in [3.63, 3.8) is 0 Å². The SMILES string of the molecule is CC(C)CNCCCN1CCC(N2CCOCC2)C1. The van der Waals surface area contributed by atoms with Crippen molar-refractivity contribution in [2.24, 2.45) is 5.92 Å². The number of rotatable bonds is 7. The minimum atomic E-state index is 0.762. The predicted octanol–water partition coefficient (Wildman–Crippen LogP) is 1.03. The van der Waals surface area contributed by atoms with E-state index in [1.165, 1.54) is 32.5 Å². The second kappa shape index (κ2) is 8.20. The van der Waals surface area contributed by atoms with Gasteiger partial charge in [0, 0.05) is 25.7 Å². The van der Waals surface area contributed by atoms with Crippen LogP contribution in [0.25, 0.3) is 0 Å². The Morgan fingerprint density at radius 2 is 2.00 bits per heavy atom. The van der Waals surface area contributed by atoms with Crippen molar-refractivity contribution in [1.29, 1.82) is 0 Å². The molecule has 2 aliphatic rings. The molecule has 1 N–H and O–H groups in total. The van der Waals surface area contributed by atoms with Crippen molar-refractivity contribution in [1.82, 2.24) is 15.1 Å². The van der Waals surface area contributed by atoms with Crippen LogP contribution in [0.3, 0.4) is 0 Å². The molecule has 0 radical (unpaired) electrons. The smallest absolute Gasteiger partial charge is 0.0594 e. The zero-order chi connectivity index (χ0) is 13.5. The summed E-state index contributed by atoms with van der Waals surface area (Å²) in [5.74, 6) is 0.762. The quantitative estimate of drug-likeness (QED) is 0.699. The average molecular weight is 269 g/mol. The van der Waals surface area contributed by atoms with Gasteiger partial charge in [0.05, 0.1) is 13.2 Å². The molecule has 1 unspecified atom stereocenters. The molecule has 4 heteroatoms. The minimum Gasteiger partial charge on any atom is -0.379 e. The van der Waals surface area contributed by atoms with E-state index in [1.807, 2.05) is 0 Å². The van der Waals surface area contributed by atoms with E-state index in [2.05, 4.69) is 29.0 Å². The molecule has 0 aliphatic carbocycles. The molecule has 0 aromatic carbocycles. The predicted molar refractivity (Wildman–Crippen MR) is 79.6 cm³/mol. The van der Waals surface area contributed by atoms with E-state index in [0.29, 0.717) is 0 Å². The third-order valence-corrected chi connectivity index (χ3v) is 4.19. The van der Waals surface area contributed by atoms with Crippen LogP contribution in [0.2, 0.25) is 0 Å². The lowest BCUT2D eigenvalue weighted by atomic mass is 10.2. The molecule has 19 heavy (non-hydrogen) atoms. The Morgan fingerprint density at radius 1 is 1.21 bits per heavy atom. The normalized spacial score (nSPS) is 26.4. The zero-order valence-electron chi connectivity index (χ0n) is 12.7. The summed E-state index contributed by atoms with van der Waals surface area (Å²) < 4.78 is 5.43. The van der Waals surface area contributed by atoms with Crippen molar-refractivity contribution in [3.05, 3.63) is 0 Å². The van der Waals surface area contributed by atoms with Gasteiger partial charge in [-0.25, -0.2) is 0 Å². The van der Waals surface area contributed by atoms with Crippen LogP contribution < -0.4 is 5.32 Å². The highest BCUT2D eigenvalue weighted by Gasteiger charge is 2.28. The standard InChI is InChI=1S/C15H31N3O/c1-14(2)12-16-5-3-6-17-7-4-15(13-17)18-8-10-19-11-9-18/h14-16H,3-13H2,1-2H3. The molecule has 2 rings (SSSR count). The summed E-state index contributed by atoms with van der Waals surface area (Å²) in [5, 5.41) is 3.53. The number of likely N-dealkylation sites (tertiary alicyclic amines) is 1. The number of nitrogens with one attached hydrogen (secondary N) is 1. The lowest BCUT2D eigenvalue weighted by molar-refractivity contribution is 0.0185. The van der Waals surface area contributed by atoms with E-state index in [0.717, 1.165) is 51.4 Å². The second-order valence-corrected chi connectivity index (χ2v) is 6.34. The summed E-state index contributed by atoms with van der Waals surface area (Å²) in [6.45, 7) is 14.8. The van der Waals surface area contributed by atoms with Crippen molar-refractivity contribution in [3.8, 4) is 0 Å². The monoisotopic (exact) mass is 269 g/mol. The van der Waals surface area contributed by atoms with Crippen LogP contribution in [-0.2, 0) is 4.74 Å². The summed E-state index contributed by atoms with van der Waals surface area (Å²) in [6.07, 6.45) is 2.63. The van der Waals surface area contributed by atoms with Crippen molar-refractivity contribution < 1.29 is 4.74 Å². The van der Waals surface area contributed by atoms with E-state index in [4.69, 9.17) is 4.74 Å². The molecule has 0 saturated carbocycles. The fourth-order valence-corrected chi connectivity index (χ4v) is 3.07. The first-order chi connectivity index (χ1) is 9.25. The van der Waals surface area contributed by atoms with Gasteiger partial charge in [0.25, 0.3) is 0 Å². The third kappa shape index (κ3) is 5.38. The number of hydrogen-bond donors (Lipinski definition) is 1. The topological polar surface area (TPSA) is 27.7 Å². The molecule has 2 heterocycles. The van der Waals surface area contributed by atoms with Crippen LogP contribution in [0.15, 0.2) is 0 Å². The van der Waals surface area contributed by atoms with Gasteiger partial charge < -0.3 is 15.0 Å². The lowest BCUT2D eigenvalue weighted by Crippen LogP contribution is -2.44. The minimum absolute atomic E-state index is 0.762. The van der Waals surface area contributed by atoms with E-state index >= 15 is 0 Å². The Balaban J connectivity index is 1.54. The van der Waals surface area contributed by atoms with Crippen LogP contribution in [0.1, 0.15) is 26.7 Å². The van der Waals surface area contributed by atoms with E-state index in [-0.39, 0.29) is 0 Å². The molecule has 2 fully saturated rings. The molecule has 4 nitrogen and oxygen atoms in total. The molecular weight excluding hydrogens is 238 g/mol. The number of nitrogens with zero attached hydrogens (tertiary/aromatic N) is 2. The first-order valence-electron chi connectivity index (χ1n) is 8.00.